The fraction of sp³-hybridized carbons (Fsp3) is 0.786. The van der Waals surface area contributed by atoms with Crippen molar-refractivity contribution in [1.29, 1.82) is 0 Å². The van der Waals surface area contributed by atoms with Gasteiger partial charge in [0.05, 0.1) is 5.69 Å². The molecule has 3 nitrogen and oxygen atoms in total. The highest BCUT2D eigenvalue weighted by Gasteiger charge is 2.20. The summed E-state index contributed by atoms with van der Waals surface area (Å²) in [5, 5.41) is 6.81. The van der Waals surface area contributed by atoms with Gasteiger partial charge in [-0.05, 0) is 39.5 Å². The number of rotatable bonds is 5. The van der Waals surface area contributed by atoms with E-state index in [4.69, 9.17) is 4.98 Å². The topological polar surface area (TPSA) is 28.2 Å². The van der Waals surface area contributed by atoms with Crippen LogP contribution < -0.4 is 10.2 Å². The number of nitrogens with one attached hydrogen (secondary N) is 1. The number of nitrogens with zero attached hydrogens (tertiary/aromatic N) is 2. The van der Waals surface area contributed by atoms with E-state index in [9.17, 15) is 0 Å². The van der Waals surface area contributed by atoms with Crippen LogP contribution >= 0.6 is 11.3 Å². The molecular formula is C14H25N3S. The van der Waals surface area contributed by atoms with Crippen LogP contribution in [0.2, 0.25) is 0 Å². The van der Waals surface area contributed by atoms with Crippen molar-refractivity contribution in [2.75, 3.05) is 18.5 Å². The molecular weight excluding hydrogens is 242 g/mol. The maximum atomic E-state index is 4.71. The quantitative estimate of drug-likeness (QED) is 0.887. The van der Waals surface area contributed by atoms with Gasteiger partial charge in [-0.25, -0.2) is 4.98 Å². The Morgan fingerprint density at radius 3 is 2.72 bits per heavy atom. The molecule has 0 bridgehead atoms. The summed E-state index contributed by atoms with van der Waals surface area (Å²) in [7, 11) is 2.16. The lowest BCUT2D eigenvalue weighted by Crippen LogP contribution is -2.35. The molecule has 18 heavy (non-hydrogen) atoms. The Balaban J connectivity index is 1.84. The van der Waals surface area contributed by atoms with Crippen molar-refractivity contribution in [1.82, 2.24) is 10.3 Å². The van der Waals surface area contributed by atoms with Crippen LogP contribution in [-0.2, 0) is 6.54 Å². The standard InChI is InChI=1S/C14H25N3S/c1-14(2,3)15-8-12-10-18-13(16-12)17(4)9-11-6-5-7-11/h10-11,15H,5-9H2,1-4H3. The number of anilines is 1. The third kappa shape index (κ3) is 3.95. The molecule has 1 heterocycles. The van der Waals surface area contributed by atoms with Gasteiger partial charge in [-0.1, -0.05) is 6.42 Å². The molecule has 4 heteroatoms. The molecule has 1 fully saturated rings. The van der Waals surface area contributed by atoms with Gasteiger partial charge >= 0.3 is 0 Å². The molecule has 2 rings (SSSR count). The van der Waals surface area contributed by atoms with Gasteiger partial charge in [0.1, 0.15) is 0 Å². The van der Waals surface area contributed by atoms with E-state index in [-0.39, 0.29) is 5.54 Å². The van der Waals surface area contributed by atoms with Crippen molar-refractivity contribution < 1.29 is 0 Å². The maximum Gasteiger partial charge on any atom is 0.185 e. The van der Waals surface area contributed by atoms with Gasteiger partial charge in [-0.3, -0.25) is 0 Å². The van der Waals surface area contributed by atoms with E-state index < -0.39 is 0 Å². The van der Waals surface area contributed by atoms with Crippen molar-refractivity contribution in [3.05, 3.63) is 11.1 Å². The Kier molecular flexibility index (Phi) is 4.28. The van der Waals surface area contributed by atoms with Gasteiger partial charge in [-0.2, -0.15) is 0 Å². The zero-order valence-corrected chi connectivity index (χ0v) is 12.8. The molecule has 1 aromatic heterocycles. The molecule has 0 spiro atoms. The van der Waals surface area contributed by atoms with E-state index in [1.54, 1.807) is 11.3 Å². The third-order valence-electron chi connectivity index (χ3n) is 3.42. The summed E-state index contributed by atoms with van der Waals surface area (Å²) in [4.78, 5) is 7.02. The SMILES string of the molecule is CN(CC1CCC1)c1nc(CNC(C)(C)C)cs1. The normalized spacial score (nSPS) is 16.7. The van der Waals surface area contributed by atoms with Crippen molar-refractivity contribution in [2.45, 2.75) is 52.1 Å². The zero-order chi connectivity index (χ0) is 13.2. The molecule has 1 aliphatic rings. The largest absolute Gasteiger partial charge is 0.351 e. The summed E-state index contributed by atoms with van der Waals surface area (Å²) in [5.74, 6) is 0.898. The summed E-state index contributed by atoms with van der Waals surface area (Å²) in [6.07, 6.45) is 4.21. The molecule has 0 atom stereocenters. The van der Waals surface area contributed by atoms with Crippen LogP contribution in [0.15, 0.2) is 5.38 Å². The molecule has 0 saturated heterocycles. The Bertz CT molecular complexity index is 377. The lowest BCUT2D eigenvalue weighted by molar-refractivity contribution is 0.321. The number of hydrogen-bond acceptors (Lipinski definition) is 4. The fourth-order valence-corrected chi connectivity index (χ4v) is 2.85. The van der Waals surface area contributed by atoms with E-state index in [0.29, 0.717) is 0 Å². The summed E-state index contributed by atoms with van der Waals surface area (Å²) in [6, 6.07) is 0. The van der Waals surface area contributed by atoms with Crippen molar-refractivity contribution >= 4 is 16.5 Å². The molecule has 1 saturated carbocycles. The Morgan fingerprint density at radius 2 is 2.17 bits per heavy atom. The molecule has 0 unspecified atom stereocenters. The molecule has 102 valence electrons. The second-order valence-corrected chi connectivity index (χ2v) is 7.24. The average Bonchev–Trinajstić information content (AvgIpc) is 2.68. The maximum absolute atomic E-state index is 4.71. The van der Waals surface area contributed by atoms with Gasteiger partial charge in [0.2, 0.25) is 0 Å². The Hall–Kier alpha value is -0.610. The first-order valence-electron chi connectivity index (χ1n) is 6.84. The second kappa shape index (κ2) is 5.57. The van der Waals surface area contributed by atoms with Crippen LogP contribution in [0, 0.1) is 5.92 Å². The zero-order valence-electron chi connectivity index (χ0n) is 12.0. The molecule has 0 aromatic carbocycles. The molecule has 0 aliphatic heterocycles. The summed E-state index contributed by atoms with van der Waals surface area (Å²) in [6.45, 7) is 8.58. The number of hydrogen-bond donors (Lipinski definition) is 1. The molecule has 0 amide bonds. The fourth-order valence-electron chi connectivity index (χ4n) is 2.05. The third-order valence-corrected chi connectivity index (χ3v) is 4.43. The first-order valence-corrected chi connectivity index (χ1v) is 7.72. The highest BCUT2D eigenvalue weighted by Crippen LogP contribution is 2.29. The highest BCUT2D eigenvalue weighted by molar-refractivity contribution is 7.13. The van der Waals surface area contributed by atoms with Gasteiger partial charge in [0, 0.05) is 31.1 Å². The van der Waals surface area contributed by atoms with Gasteiger partial charge < -0.3 is 10.2 Å². The molecule has 1 aromatic rings. The molecule has 0 radical (unpaired) electrons. The smallest absolute Gasteiger partial charge is 0.185 e. The lowest BCUT2D eigenvalue weighted by atomic mass is 9.85. The summed E-state index contributed by atoms with van der Waals surface area (Å²) < 4.78 is 0. The minimum absolute atomic E-state index is 0.154. The van der Waals surface area contributed by atoms with Crippen molar-refractivity contribution in [3.63, 3.8) is 0 Å². The monoisotopic (exact) mass is 267 g/mol. The van der Waals surface area contributed by atoms with E-state index >= 15 is 0 Å². The number of thiazole rings is 1. The number of aromatic nitrogens is 1. The average molecular weight is 267 g/mol. The summed E-state index contributed by atoms with van der Waals surface area (Å²) in [5.41, 5.74) is 1.31. The lowest BCUT2D eigenvalue weighted by Gasteiger charge is -2.29. The van der Waals surface area contributed by atoms with Gasteiger partial charge in [0.15, 0.2) is 5.13 Å². The van der Waals surface area contributed by atoms with Crippen LogP contribution in [0.3, 0.4) is 0 Å². The minimum Gasteiger partial charge on any atom is -0.351 e. The highest BCUT2D eigenvalue weighted by atomic mass is 32.1. The van der Waals surface area contributed by atoms with Crippen LogP contribution in [0.5, 0.6) is 0 Å². The van der Waals surface area contributed by atoms with Gasteiger partial charge in [0.25, 0.3) is 0 Å². The minimum atomic E-state index is 0.154. The van der Waals surface area contributed by atoms with E-state index in [1.807, 2.05) is 0 Å². The van der Waals surface area contributed by atoms with E-state index in [2.05, 4.69) is 43.4 Å². The Labute approximate surface area is 115 Å². The van der Waals surface area contributed by atoms with Crippen molar-refractivity contribution in [3.8, 4) is 0 Å². The second-order valence-electron chi connectivity index (χ2n) is 6.40. The van der Waals surface area contributed by atoms with E-state index in [0.717, 1.165) is 23.3 Å². The predicted octanol–water partition coefficient (Wildman–Crippen LogP) is 3.27. The first kappa shape index (κ1) is 13.8. The van der Waals surface area contributed by atoms with Crippen molar-refractivity contribution in [2.24, 2.45) is 5.92 Å². The molecule has 1 aliphatic carbocycles. The van der Waals surface area contributed by atoms with Crippen LogP contribution in [-0.4, -0.2) is 24.1 Å². The van der Waals surface area contributed by atoms with Gasteiger partial charge in [-0.15, -0.1) is 11.3 Å². The summed E-state index contributed by atoms with van der Waals surface area (Å²) >= 11 is 1.76. The predicted molar refractivity (Wildman–Crippen MR) is 79.3 cm³/mol. The molecule has 1 N–H and O–H groups in total. The van der Waals surface area contributed by atoms with E-state index in [1.165, 1.54) is 25.8 Å². The first-order chi connectivity index (χ1) is 8.44. The van der Waals surface area contributed by atoms with Crippen LogP contribution in [0.4, 0.5) is 5.13 Å². The Morgan fingerprint density at radius 1 is 1.44 bits per heavy atom. The van der Waals surface area contributed by atoms with Crippen LogP contribution in [0.1, 0.15) is 45.7 Å². The van der Waals surface area contributed by atoms with Crippen LogP contribution in [0.25, 0.3) is 0 Å².